The van der Waals surface area contributed by atoms with Crippen LogP contribution in [0.3, 0.4) is 0 Å². The first-order chi connectivity index (χ1) is 10.7. The summed E-state index contributed by atoms with van der Waals surface area (Å²) in [6.07, 6.45) is 6.62. The molecule has 2 aromatic rings. The number of benzene rings is 1. The largest absolute Gasteiger partial charge is 0.747 e. The molecule has 4 rings (SSSR count). The van der Waals surface area contributed by atoms with Gasteiger partial charge in [0.15, 0.2) is 6.17 Å². The van der Waals surface area contributed by atoms with Gasteiger partial charge >= 0.3 is 13.1 Å². The average Bonchev–Trinajstić information content (AvgIpc) is 3.06. The predicted octanol–water partition coefficient (Wildman–Crippen LogP) is 0.0522. The summed E-state index contributed by atoms with van der Waals surface area (Å²) in [5.74, 6) is 0.815. The Morgan fingerprint density at radius 3 is 2.59 bits per heavy atom. The quantitative estimate of drug-likeness (QED) is 0.619. The highest BCUT2D eigenvalue weighted by molar-refractivity contribution is 6.32. The maximum atomic E-state index is 9.07. The van der Waals surface area contributed by atoms with Crippen molar-refractivity contribution in [2.24, 2.45) is 0 Å². The molecule has 0 saturated carbocycles. The van der Waals surface area contributed by atoms with E-state index in [1.807, 2.05) is 42.7 Å². The van der Waals surface area contributed by atoms with E-state index in [-0.39, 0.29) is 6.17 Å². The summed E-state index contributed by atoms with van der Waals surface area (Å²) in [5, 5.41) is 18.1. The van der Waals surface area contributed by atoms with Crippen molar-refractivity contribution < 1.29 is 19.5 Å². The molecule has 0 amide bonds. The van der Waals surface area contributed by atoms with Crippen molar-refractivity contribution in [2.75, 3.05) is 9.80 Å². The lowest BCUT2D eigenvalue weighted by molar-refractivity contribution is -0.855. The number of aromatic nitrogens is 1. The third-order valence-electron chi connectivity index (χ3n) is 3.95. The molecule has 1 aromatic heterocycles. The van der Waals surface area contributed by atoms with Crippen LogP contribution in [0.5, 0.6) is 0 Å². The Morgan fingerprint density at radius 1 is 1.05 bits per heavy atom. The molecule has 2 aliphatic rings. The van der Waals surface area contributed by atoms with Gasteiger partial charge < -0.3 is 19.7 Å². The minimum atomic E-state index is -1.85. The minimum Gasteiger partial charge on any atom is -0.388 e. The van der Waals surface area contributed by atoms with Crippen molar-refractivity contribution in [1.29, 1.82) is 0 Å². The fourth-order valence-corrected chi connectivity index (χ4v) is 3.09. The van der Waals surface area contributed by atoms with E-state index >= 15 is 0 Å². The van der Waals surface area contributed by atoms with Crippen LogP contribution in [0.2, 0.25) is 0 Å². The second-order valence-electron chi connectivity index (χ2n) is 5.25. The van der Waals surface area contributed by atoms with E-state index in [4.69, 9.17) is 14.8 Å². The van der Waals surface area contributed by atoms with Crippen molar-refractivity contribution in [2.45, 2.75) is 12.6 Å². The molecule has 0 radical (unpaired) electrons. The van der Waals surface area contributed by atoms with E-state index in [2.05, 4.69) is 21.9 Å². The van der Waals surface area contributed by atoms with Crippen LogP contribution in [0.4, 0.5) is 11.5 Å². The van der Waals surface area contributed by atoms with Crippen LogP contribution in [-0.2, 0) is 6.42 Å². The van der Waals surface area contributed by atoms with E-state index in [1.54, 1.807) is 6.20 Å². The molecule has 2 aliphatic heterocycles. The lowest BCUT2D eigenvalue weighted by Gasteiger charge is -2.22. The molecular weight excluding hydrogens is 281 g/mol. The van der Waals surface area contributed by atoms with E-state index in [9.17, 15) is 0 Å². The van der Waals surface area contributed by atoms with Crippen LogP contribution in [0, 0.1) is 0 Å². The van der Waals surface area contributed by atoms with E-state index < -0.39 is 7.32 Å². The topological polar surface area (TPSA) is 60.1 Å². The Morgan fingerprint density at radius 2 is 1.82 bits per heavy atom. The van der Waals surface area contributed by atoms with Gasteiger partial charge in [0.05, 0.1) is 5.56 Å². The van der Waals surface area contributed by atoms with Crippen LogP contribution < -0.4 is 19.3 Å². The third kappa shape index (κ3) is 2.02. The van der Waals surface area contributed by atoms with Gasteiger partial charge in [-0.1, -0.05) is 22.9 Å². The van der Waals surface area contributed by atoms with E-state index in [0.717, 1.165) is 23.5 Å². The first-order valence-electron chi connectivity index (χ1n) is 7.11. The van der Waals surface area contributed by atoms with Gasteiger partial charge in [-0.15, -0.1) is 0 Å². The summed E-state index contributed by atoms with van der Waals surface area (Å²) in [6.45, 7) is 0. The fraction of sp³-hybridized carbons (Fsp3) is 0.133. The number of fused-ring (bicyclic) bond motifs is 3. The van der Waals surface area contributed by atoms with Crippen LogP contribution in [0.25, 0.3) is 0 Å². The maximum absolute atomic E-state index is 9.07. The molecule has 1 atom stereocenters. The van der Waals surface area contributed by atoms with Crippen molar-refractivity contribution in [3.8, 4) is 0 Å². The Kier molecular flexibility index (Phi) is 3.02. The number of rotatable bonds is 3. The van der Waals surface area contributed by atoms with Gasteiger partial charge in [0.25, 0.3) is 0 Å². The van der Waals surface area contributed by atoms with E-state index in [1.165, 1.54) is 4.73 Å². The first kappa shape index (κ1) is 13.2. The zero-order valence-corrected chi connectivity index (χ0v) is 11.8. The maximum Gasteiger partial charge on any atom is 0.747 e. The number of pyridine rings is 1. The van der Waals surface area contributed by atoms with Gasteiger partial charge in [-0.2, -0.15) is 0 Å². The Bertz CT molecular complexity index is 723. The Balaban J connectivity index is 1.69. The van der Waals surface area contributed by atoms with Crippen LogP contribution >= 0.6 is 0 Å². The smallest absolute Gasteiger partial charge is 0.388 e. The number of hydrogen-bond acceptors (Lipinski definition) is 5. The van der Waals surface area contributed by atoms with Crippen LogP contribution in [0.15, 0.2) is 61.1 Å². The molecule has 7 heteroatoms. The zero-order chi connectivity index (χ0) is 15.1. The number of hydrogen-bond donors (Lipinski definition) is 2. The van der Waals surface area contributed by atoms with Gasteiger partial charge in [0.1, 0.15) is 12.4 Å². The molecule has 2 N–H and O–H groups in total. The fourth-order valence-electron chi connectivity index (χ4n) is 3.09. The summed E-state index contributed by atoms with van der Waals surface area (Å²) in [4.78, 5) is 4.27. The van der Waals surface area contributed by atoms with Gasteiger partial charge in [0, 0.05) is 18.3 Å². The highest BCUT2D eigenvalue weighted by Gasteiger charge is 2.45. The molecule has 3 heterocycles. The first-order valence-corrected chi connectivity index (χ1v) is 7.11. The lowest BCUT2D eigenvalue weighted by Crippen LogP contribution is -2.53. The summed E-state index contributed by atoms with van der Waals surface area (Å²) < 4.78 is 6.44. The van der Waals surface area contributed by atoms with Gasteiger partial charge in [-0.25, -0.2) is 4.90 Å². The summed E-state index contributed by atoms with van der Waals surface area (Å²) in [7, 11) is -1.85. The highest BCUT2D eigenvalue weighted by atomic mass is 16.7. The normalized spacial score (nSPS) is 18.4. The van der Waals surface area contributed by atoms with E-state index in [0.29, 0.717) is 0 Å². The summed E-state index contributed by atoms with van der Waals surface area (Å²) in [6, 6.07) is 14.0. The van der Waals surface area contributed by atoms with Crippen molar-refractivity contribution in [3.05, 3.63) is 66.6 Å². The summed E-state index contributed by atoms with van der Waals surface area (Å²) >= 11 is 0. The average molecular weight is 296 g/mol. The zero-order valence-electron chi connectivity index (χ0n) is 11.8. The predicted molar refractivity (Wildman–Crippen MR) is 81.4 cm³/mol. The number of anilines is 2. The highest BCUT2D eigenvalue weighted by Crippen LogP contribution is 2.36. The van der Waals surface area contributed by atoms with Crippen molar-refractivity contribution in [1.82, 2.24) is 0 Å². The second kappa shape index (κ2) is 5.05. The third-order valence-corrected chi connectivity index (χ3v) is 3.95. The molecule has 1 aromatic carbocycles. The van der Waals surface area contributed by atoms with Crippen LogP contribution in [0.1, 0.15) is 5.56 Å². The molecule has 0 fully saturated rings. The number of para-hydroxylation sites is 1. The van der Waals surface area contributed by atoms with Gasteiger partial charge in [0.2, 0.25) is 0 Å². The van der Waals surface area contributed by atoms with Crippen LogP contribution in [-0.4, -0.2) is 23.5 Å². The molecule has 6 nitrogen and oxygen atoms in total. The molecular formula is C15H15BN3O3+. The molecule has 0 bridgehead atoms. The molecule has 0 spiro atoms. The minimum absolute atomic E-state index is 0.130. The molecule has 0 saturated heterocycles. The molecule has 1 unspecified atom stereocenters. The standard InChI is InChI=1S/C15H15BN3O3/c20-16(21)22-19-8-4-5-12-11-14-17(9-10-18(14)15(12)19)13-6-2-1-3-7-13/h1-10,14,20-21H,11H2/q+1. The Hall–Kier alpha value is -2.51. The second-order valence-corrected chi connectivity index (χ2v) is 5.25. The SMILES string of the molecule is OB(O)O[n+]1cccc2c1N1C=CN(c3ccccc3)C1C2. The summed E-state index contributed by atoms with van der Waals surface area (Å²) in [5.41, 5.74) is 2.21. The lowest BCUT2D eigenvalue weighted by atomic mass is 10.2. The van der Waals surface area contributed by atoms with Gasteiger partial charge in [-0.3, -0.25) is 0 Å². The molecule has 0 aliphatic carbocycles. The monoisotopic (exact) mass is 296 g/mol. The Labute approximate surface area is 128 Å². The molecule has 22 heavy (non-hydrogen) atoms. The molecule has 110 valence electrons. The number of nitrogens with zero attached hydrogens (tertiary/aromatic N) is 3. The van der Waals surface area contributed by atoms with Crippen molar-refractivity contribution in [3.63, 3.8) is 0 Å². The van der Waals surface area contributed by atoms with Crippen molar-refractivity contribution >= 4 is 18.8 Å². The van der Waals surface area contributed by atoms with Gasteiger partial charge in [-0.05, 0) is 24.3 Å².